The molecule has 0 bridgehead atoms. The summed E-state index contributed by atoms with van der Waals surface area (Å²) in [4.78, 5) is 7.01. The average Bonchev–Trinajstić information content (AvgIpc) is 2.72. The van der Waals surface area contributed by atoms with Crippen molar-refractivity contribution in [3.8, 4) is 5.88 Å². The summed E-state index contributed by atoms with van der Waals surface area (Å²) in [6, 6.07) is 11.0. The first-order valence-corrected chi connectivity index (χ1v) is 11.8. The van der Waals surface area contributed by atoms with Gasteiger partial charge >= 0.3 is 6.18 Å². The maximum atomic E-state index is 13.2. The summed E-state index contributed by atoms with van der Waals surface area (Å²) < 4.78 is 47.8. The largest absolute Gasteiger partial charge is 0.475 e. The molecule has 1 N–H and O–H groups in total. The number of nitrogens with one attached hydrogen (secondary N) is 1. The molecular formula is C23H30F3N3OS. The van der Waals surface area contributed by atoms with Crippen LogP contribution in [-0.2, 0) is 6.54 Å². The van der Waals surface area contributed by atoms with Crippen LogP contribution in [0.1, 0.15) is 55.5 Å². The molecule has 2 heterocycles. The molecule has 1 unspecified atom stereocenters. The second kappa shape index (κ2) is 10.7. The monoisotopic (exact) mass is 453 g/mol. The quantitative estimate of drug-likeness (QED) is 0.518. The Morgan fingerprint density at radius 1 is 1.13 bits per heavy atom. The number of hydrogen-bond acceptors (Lipinski definition) is 5. The van der Waals surface area contributed by atoms with Gasteiger partial charge in [0.1, 0.15) is 6.04 Å². The smallest absolute Gasteiger partial charge is 0.408 e. The Kier molecular flexibility index (Phi) is 8.24. The zero-order chi connectivity index (χ0) is 22.4. The Hall–Kier alpha value is -1.77. The van der Waals surface area contributed by atoms with Crippen LogP contribution in [0.3, 0.4) is 0 Å². The van der Waals surface area contributed by atoms with E-state index < -0.39 is 12.2 Å². The van der Waals surface area contributed by atoms with Crippen LogP contribution in [0.25, 0.3) is 0 Å². The summed E-state index contributed by atoms with van der Waals surface area (Å²) in [5, 5.41) is 0. The van der Waals surface area contributed by atoms with Crippen LogP contribution in [0.2, 0.25) is 0 Å². The SMILES string of the molecule is CSNC(c1ccc(CN2CCC(c3cccc(OC(C)C)n3)CC2)cc1)C(F)(F)F. The number of nitrogens with zero attached hydrogens (tertiary/aromatic N) is 2. The summed E-state index contributed by atoms with van der Waals surface area (Å²) in [5.41, 5.74) is 2.33. The molecule has 4 nitrogen and oxygen atoms in total. The third-order valence-corrected chi connectivity index (χ3v) is 5.86. The standard InChI is InChI=1S/C23H30F3N3OS/c1-16(2)30-21-6-4-5-20(27-21)18-11-13-29(14-12-18)15-17-7-9-19(10-8-17)22(28-31-3)23(24,25)26/h4-10,16,18,22,28H,11-15H2,1-3H3. The van der Waals surface area contributed by atoms with Gasteiger partial charge in [0, 0.05) is 24.2 Å². The van der Waals surface area contributed by atoms with Crippen LogP contribution in [0.5, 0.6) is 5.88 Å². The first-order valence-electron chi connectivity index (χ1n) is 10.6. The van der Waals surface area contributed by atoms with Crippen molar-refractivity contribution in [3.05, 3.63) is 59.3 Å². The van der Waals surface area contributed by atoms with Crippen molar-refractivity contribution < 1.29 is 17.9 Å². The third kappa shape index (κ3) is 6.85. The number of ether oxygens (including phenoxy) is 1. The van der Waals surface area contributed by atoms with Crippen molar-refractivity contribution in [3.63, 3.8) is 0 Å². The molecule has 0 spiro atoms. The van der Waals surface area contributed by atoms with E-state index in [-0.39, 0.29) is 11.7 Å². The van der Waals surface area contributed by atoms with Gasteiger partial charge in [-0.1, -0.05) is 42.3 Å². The number of rotatable bonds is 8. The molecule has 0 aliphatic carbocycles. The lowest BCUT2D eigenvalue weighted by atomic mass is 9.92. The number of aromatic nitrogens is 1. The minimum atomic E-state index is -4.32. The fraction of sp³-hybridized carbons (Fsp3) is 0.522. The highest BCUT2D eigenvalue weighted by Gasteiger charge is 2.40. The van der Waals surface area contributed by atoms with Crippen LogP contribution in [0, 0.1) is 0 Å². The minimum absolute atomic E-state index is 0.0962. The summed E-state index contributed by atoms with van der Waals surface area (Å²) in [5.74, 6) is 1.07. The number of hydrogen-bond donors (Lipinski definition) is 1. The summed E-state index contributed by atoms with van der Waals surface area (Å²) >= 11 is 0.975. The van der Waals surface area contributed by atoms with Gasteiger partial charge in [0.25, 0.3) is 0 Å². The average molecular weight is 454 g/mol. The van der Waals surface area contributed by atoms with Crippen molar-refractivity contribution in [2.75, 3.05) is 19.3 Å². The number of pyridine rings is 1. The first kappa shape index (κ1) is 23.9. The van der Waals surface area contributed by atoms with E-state index in [9.17, 15) is 13.2 Å². The summed E-state index contributed by atoms with van der Waals surface area (Å²) in [6.07, 6.45) is -0.620. The van der Waals surface area contributed by atoms with Gasteiger partial charge in [-0.2, -0.15) is 13.2 Å². The van der Waals surface area contributed by atoms with Crippen molar-refractivity contribution in [1.29, 1.82) is 0 Å². The second-order valence-electron chi connectivity index (χ2n) is 8.16. The lowest BCUT2D eigenvalue weighted by molar-refractivity contribution is -0.152. The molecule has 1 aromatic heterocycles. The van der Waals surface area contributed by atoms with Gasteiger partial charge < -0.3 is 4.74 Å². The van der Waals surface area contributed by atoms with Crippen LogP contribution < -0.4 is 9.46 Å². The van der Waals surface area contributed by atoms with Crippen molar-refractivity contribution >= 4 is 11.9 Å². The summed E-state index contributed by atoms with van der Waals surface area (Å²) in [7, 11) is 0. The highest BCUT2D eigenvalue weighted by molar-refractivity contribution is 7.96. The molecule has 1 aromatic carbocycles. The topological polar surface area (TPSA) is 37.4 Å². The first-order chi connectivity index (χ1) is 14.8. The van der Waals surface area contributed by atoms with Crippen LogP contribution in [0.4, 0.5) is 13.2 Å². The Balaban J connectivity index is 1.55. The summed E-state index contributed by atoms with van der Waals surface area (Å²) in [6.45, 7) is 6.58. The van der Waals surface area contributed by atoms with Gasteiger partial charge in [-0.3, -0.25) is 4.90 Å². The molecule has 0 radical (unpaired) electrons. The van der Waals surface area contributed by atoms with Gasteiger partial charge in [-0.05, 0) is 63.2 Å². The molecule has 2 aromatic rings. The van der Waals surface area contributed by atoms with E-state index in [1.54, 1.807) is 30.5 Å². The Morgan fingerprint density at radius 2 is 1.81 bits per heavy atom. The minimum Gasteiger partial charge on any atom is -0.475 e. The van der Waals surface area contributed by atoms with E-state index in [1.807, 2.05) is 26.0 Å². The van der Waals surface area contributed by atoms with Crippen molar-refractivity contribution in [2.24, 2.45) is 0 Å². The molecule has 0 amide bonds. The lowest BCUT2D eigenvalue weighted by Crippen LogP contribution is -2.33. The second-order valence-corrected chi connectivity index (χ2v) is 8.80. The van der Waals surface area contributed by atoms with Crippen LogP contribution in [0.15, 0.2) is 42.5 Å². The molecule has 31 heavy (non-hydrogen) atoms. The highest BCUT2D eigenvalue weighted by Crippen LogP contribution is 2.34. The van der Waals surface area contributed by atoms with E-state index in [1.165, 1.54) is 0 Å². The number of likely N-dealkylation sites (tertiary alicyclic amines) is 1. The third-order valence-electron chi connectivity index (χ3n) is 5.39. The fourth-order valence-electron chi connectivity index (χ4n) is 3.87. The van der Waals surface area contributed by atoms with Crippen LogP contribution >= 0.6 is 11.9 Å². The van der Waals surface area contributed by atoms with Gasteiger partial charge in [-0.15, -0.1) is 0 Å². The van der Waals surface area contributed by atoms with E-state index >= 15 is 0 Å². The number of halogens is 3. The molecule has 1 aliphatic rings. The number of alkyl halides is 3. The molecule has 1 saturated heterocycles. The van der Waals surface area contributed by atoms with Crippen molar-refractivity contribution in [2.45, 2.75) is 57.5 Å². The molecule has 1 fully saturated rings. The zero-order valence-electron chi connectivity index (χ0n) is 18.2. The zero-order valence-corrected chi connectivity index (χ0v) is 19.0. The Labute approximate surface area is 186 Å². The number of benzene rings is 1. The van der Waals surface area contributed by atoms with Gasteiger partial charge in [-0.25, -0.2) is 9.71 Å². The molecule has 3 rings (SSSR count). The lowest BCUT2D eigenvalue weighted by Gasteiger charge is -2.32. The molecule has 0 saturated carbocycles. The van der Waals surface area contributed by atoms with E-state index in [0.717, 1.165) is 55.7 Å². The van der Waals surface area contributed by atoms with Gasteiger partial charge in [0.15, 0.2) is 0 Å². The van der Waals surface area contributed by atoms with Crippen LogP contribution in [-0.4, -0.2) is 41.5 Å². The molecule has 170 valence electrons. The molecular weight excluding hydrogens is 423 g/mol. The van der Waals surface area contributed by atoms with E-state index in [0.29, 0.717) is 11.8 Å². The maximum Gasteiger partial charge on any atom is 0.408 e. The fourth-order valence-corrected chi connectivity index (χ4v) is 4.37. The predicted octanol–water partition coefficient (Wildman–Crippen LogP) is 5.72. The van der Waals surface area contributed by atoms with Gasteiger partial charge in [0.2, 0.25) is 5.88 Å². The van der Waals surface area contributed by atoms with Gasteiger partial charge in [0.05, 0.1) is 6.10 Å². The predicted molar refractivity (Wildman–Crippen MR) is 119 cm³/mol. The normalized spacial score (nSPS) is 17.1. The Morgan fingerprint density at radius 3 is 2.39 bits per heavy atom. The molecule has 1 aliphatic heterocycles. The maximum absolute atomic E-state index is 13.2. The van der Waals surface area contributed by atoms with E-state index in [4.69, 9.17) is 4.74 Å². The Bertz CT molecular complexity index is 822. The number of piperidine rings is 1. The van der Waals surface area contributed by atoms with E-state index in [2.05, 4.69) is 20.7 Å². The highest BCUT2D eigenvalue weighted by atomic mass is 32.2. The van der Waals surface area contributed by atoms with Crippen molar-refractivity contribution in [1.82, 2.24) is 14.6 Å². The molecule has 8 heteroatoms. The molecule has 1 atom stereocenters.